The Kier molecular flexibility index (Phi) is 15.6. The van der Waals surface area contributed by atoms with Gasteiger partial charge in [0, 0.05) is 77.8 Å². The molecule has 0 saturated heterocycles. The topological polar surface area (TPSA) is 90.5 Å². The Hall–Kier alpha value is -2.95. The van der Waals surface area contributed by atoms with Crippen LogP contribution in [0.4, 0.5) is 0 Å². The highest BCUT2D eigenvalue weighted by molar-refractivity contribution is 5.76. The zero-order valence-corrected chi connectivity index (χ0v) is 16.4. The van der Waals surface area contributed by atoms with Crippen LogP contribution in [-0.2, 0) is 14.4 Å². The third-order valence-electron chi connectivity index (χ3n) is 3.74. The third kappa shape index (κ3) is 15.3. The normalized spacial score (nSPS) is 9.64. The minimum Gasteiger partial charge on any atom is -0.355 e. The second-order valence-corrected chi connectivity index (χ2v) is 6.00. The van der Waals surface area contributed by atoms with Crippen LogP contribution in [-0.4, -0.2) is 61.9 Å². The van der Waals surface area contributed by atoms with Gasteiger partial charge in [-0.3, -0.25) is 19.3 Å². The van der Waals surface area contributed by atoms with Gasteiger partial charge in [-0.15, -0.1) is 37.0 Å². The first-order chi connectivity index (χ1) is 13.5. The lowest BCUT2D eigenvalue weighted by molar-refractivity contribution is -0.121. The van der Waals surface area contributed by atoms with Crippen LogP contribution in [0.5, 0.6) is 0 Å². The number of terminal acetylenes is 3. The molecule has 7 nitrogen and oxygen atoms in total. The lowest BCUT2D eigenvalue weighted by Crippen LogP contribution is -2.43. The molecule has 0 aliphatic carbocycles. The molecule has 152 valence electrons. The predicted octanol–water partition coefficient (Wildman–Crippen LogP) is -0.123. The summed E-state index contributed by atoms with van der Waals surface area (Å²) in [5.74, 6) is 7.00. The van der Waals surface area contributed by atoms with E-state index in [4.69, 9.17) is 19.3 Å². The van der Waals surface area contributed by atoms with E-state index < -0.39 is 0 Å². The van der Waals surface area contributed by atoms with Crippen molar-refractivity contribution in [3.63, 3.8) is 0 Å². The van der Waals surface area contributed by atoms with Gasteiger partial charge in [0.1, 0.15) is 0 Å². The Labute approximate surface area is 168 Å². The number of hydrogen-bond acceptors (Lipinski definition) is 4. The zero-order valence-electron chi connectivity index (χ0n) is 16.4. The minimum absolute atomic E-state index is 0.0944. The molecule has 7 heteroatoms. The molecular weight excluding hydrogens is 356 g/mol. The molecule has 0 aromatic rings. The van der Waals surface area contributed by atoms with Gasteiger partial charge in [-0.05, 0) is 0 Å². The number of carbonyl (C=O) groups is 3. The SMILES string of the molecule is C#CCCC(=O)NCCN(CCNC(=O)CCC#C)CCNC(=O)CCC#C. The maximum atomic E-state index is 11.6. The van der Waals surface area contributed by atoms with Gasteiger partial charge in [-0.25, -0.2) is 0 Å². The second-order valence-electron chi connectivity index (χ2n) is 6.00. The highest BCUT2D eigenvalue weighted by Crippen LogP contribution is 1.91. The fourth-order valence-corrected chi connectivity index (χ4v) is 2.22. The molecule has 0 aliphatic heterocycles. The fourth-order valence-electron chi connectivity index (χ4n) is 2.22. The summed E-state index contributed by atoms with van der Waals surface area (Å²) in [4.78, 5) is 36.9. The van der Waals surface area contributed by atoms with Crippen LogP contribution in [0, 0.1) is 37.0 Å². The van der Waals surface area contributed by atoms with Crippen molar-refractivity contribution >= 4 is 17.7 Å². The van der Waals surface area contributed by atoms with E-state index in [0.29, 0.717) is 77.8 Å². The largest absolute Gasteiger partial charge is 0.355 e. The summed E-state index contributed by atoms with van der Waals surface area (Å²) in [5, 5.41) is 8.42. The summed E-state index contributed by atoms with van der Waals surface area (Å²) >= 11 is 0. The van der Waals surface area contributed by atoms with E-state index in [-0.39, 0.29) is 17.7 Å². The van der Waals surface area contributed by atoms with Gasteiger partial charge < -0.3 is 16.0 Å². The number of amides is 3. The van der Waals surface area contributed by atoms with Crippen LogP contribution in [0.3, 0.4) is 0 Å². The van der Waals surface area contributed by atoms with Gasteiger partial charge in [0.2, 0.25) is 17.7 Å². The van der Waals surface area contributed by atoms with E-state index in [1.807, 2.05) is 4.90 Å². The predicted molar refractivity (Wildman–Crippen MR) is 110 cm³/mol. The van der Waals surface area contributed by atoms with Crippen molar-refractivity contribution in [1.29, 1.82) is 0 Å². The van der Waals surface area contributed by atoms with E-state index in [9.17, 15) is 14.4 Å². The highest BCUT2D eigenvalue weighted by Gasteiger charge is 2.08. The molecule has 0 fully saturated rings. The molecule has 0 rings (SSSR count). The number of hydrogen-bond donors (Lipinski definition) is 3. The number of nitrogens with one attached hydrogen (secondary N) is 3. The molecule has 3 amide bonds. The van der Waals surface area contributed by atoms with Gasteiger partial charge in [0.05, 0.1) is 0 Å². The first-order valence-corrected chi connectivity index (χ1v) is 9.36. The molecule has 0 aliphatic rings. The lowest BCUT2D eigenvalue weighted by Gasteiger charge is -2.23. The van der Waals surface area contributed by atoms with Crippen LogP contribution in [0.2, 0.25) is 0 Å². The summed E-state index contributed by atoms with van der Waals surface area (Å²) in [6, 6.07) is 0. The molecule has 0 unspecified atom stereocenters. The van der Waals surface area contributed by atoms with Crippen LogP contribution in [0.1, 0.15) is 38.5 Å². The summed E-state index contributed by atoms with van der Waals surface area (Å²) < 4.78 is 0. The van der Waals surface area contributed by atoms with Crippen molar-refractivity contribution in [3.05, 3.63) is 0 Å². The molecule has 3 N–H and O–H groups in total. The van der Waals surface area contributed by atoms with Crippen molar-refractivity contribution in [2.75, 3.05) is 39.3 Å². The molecule has 0 atom stereocenters. The molecule has 0 aromatic carbocycles. The van der Waals surface area contributed by atoms with Crippen LogP contribution in [0.15, 0.2) is 0 Å². The van der Waals surface area contributed by atoms with Crippen LogP contribution in [0.25, 0.3) is 0 Å². The van der Waals surface area contributed by atoms with Crippen molar-refractivity contribution in [3.8, 4) is 37.0 Å². The minimum atomic E-state index is -0.0944. The average molecular weight is 386 g/mol. The van der Waals surface area contributed by atoms with E-state index >= 15 is 0 Å². The first kappa shape index (κ1) is 25.1. The Morgan fingerprint density at radius 2 is 0.893 bits per heavy atom. The number of carbonyl (C=O) groups excluding carboxylic acids is 3. The maximum absolute atomic E-state index is 11.6. The van der Waals surface area contributed by atoms with Gasteiger partial charge in [-0.2, -0.15) is 0 Å². The molecule has 0 aromatic heterocycles. The highest BCUT2D eigenvalue weighted by atomic mass is 16.2. The van der Waals surface area contributed by atoms with Crippen molar-refractivity contribution in [2.45, 2.75) is 38.5 Å². The number of nitrogens with zero attached hydrogens (tertiary/aromatic N) is 1. The lowest BCUT2D eigenvalue weighted by atomic mass is 10.3. The summed E-state index contributed by atoms with van der Waals surface area (Å²) in [6.45, 7) is 3.13. The van der Waals surface area contributed by atoms with Crippen LogP contribution >= 0.6 is 0 Å². The molecule has 0 radical (unpaired) electrons. The second kappa shape index (κ2) is 17.5. The van der Waals surface area contributed by atoms with E-state index in [1.165, 1.54) is 0 Å². The molecule has 0 heterocycles. The monoisotopic (exact) mass is 386 g/mol. The number of rotatable bonds is 15. The molecular formula is C21H30N4O3. The molecule has 0 spiro atoms. The standard InChI is InChI=1S/C21H30N4O3/c1-4-7-10-19(26)22-13-16-25(17-14-23-20(27)11-8-5-2)18-15-24-21(28)12-9-6-3/h1-3H,7-18H2,(H,22,26)(H,23,27)(H,24,28). The van der Waals surface area contributed by atoms with E-state index in [0.717, 1.165) is 0 Å². The van der Waals surface area contributed by atoms with Gasteiger partial charge in [0.25, 0.3) is 0 Å². The van der Waals surface area contributed by atoms with Gasteiger partial charge >= 0.3 is 0 Å². The maximum Gasteiger partial charge on any atom is 0.220 e. The van der Waals surface area contributed by atoms with Crippen LogP contribution < -0.4 is 16.0 Å². The molecule has 0 bridgehead atoms. The van der Waals surface area contributed by atoms with E-state index in [1.54, 1.807) is 0 Å². The van der Waals surface area contributed by atoms with Crippen molar-refractivity contribution < 1.29 is 14.4 Å². The average Bonchev–Trinajstić information content (AvgIpc) is 2.68. The third-order valence-corrected chi connectivity index (χ3v) is 3.74. The summed E-state index contributed by atoms with van der Waals surface area (Å²) in [7, 11) is 0. The Morgan fingerprint density at radius 3 is 1.14 bits per heavy atom. The molecule has 0 saturated carbocycles. The Bertz CT molecular complexity index is 525. The quantitative estimate of drug-likeness (QED) is 0.342. The van der Waals surface area contributed by atoms with Gasteiger partial charge in [0.15, 0.2) is 0 Å². The zero-order chi connectivity index (χ0) is 21.0. The summed E-state index contributed by atoms with van der Waals surface area (Å²) in [6.07, 6.45) is 17.5. The first-order valence-electron chi connectivity index (χ1n) is 9.36. The molecule has 28 heavy (non-hydrogen) atoms. The van der Waals surface area contributed by atoms with Crippen molar-refractivity contribution in [2.24, 2.45) is 0 Å². The smallest absolute Gasteiger partial charge is 0.220 e. The Morgan fingerprint density at radius 1 is 0.607 bits per heavy atom. The van der Waals surface area contributed by atoms with E-state index in [2.05, 4.69) is 33.7 Å². The van der Waals surface area contributed by atoms with Gasteiger partial charge in [-0.1, -0.05) is 0 Å². The summed E-state index contributed by atoms with van der Waals surface area (Å²) in [5.41, 5.74) is 0. The van der Waals surface area contributed by atoms with Crippen molar-refractivity contribution in [1.82, 2.24) is 20.9 Å². The Balaban J connectivity index is 4.29. The fraction of sp³-hybridized carbons (Fsp3) is 0.571.